The minimum atomic E-state index is -1.45. The van der Waals surface area contributed by atoms with Gasteiger partial charge in [-0.25, -0.2) is 0 Å². The third-order valence-corrected chi connectivity index (χ3v) is 14.2. The fraction of sp³-hybridized carbons (Fsp3) is 0.100. The topological polar surface area (TPSA) is 98.3 Å². The van der Waals surface area contributed by atoms with E-state index in [4.69, 9.17) is 55.8 Å². The molecule has 0 spiro atoms. The van der Waals surface area contributed by atoms with Crippen molar-refractivity contribution in [2.45, 2.75) is 38.9 Å². The first kappa shape index (κ1) is 49.0. The second-order valence-corrected chi connectivity index (χ2v) is 20.3. The maximum Gasteiger partial charge on any atom is 0.494 e. The summed E-state index contributed by atoms with van der Waals surface area (Å²) < 4.78 is 30.8. The van der Waals surface area contributed by atoms with Crippen molar-refractivity contribution in [3.63, 3.8) is 0 Å². The van der Waals surface area contributed by atoms with Crippen LogP contribution in [0.25, 0.3) is 88.1 Å². The summed E-state index contributed by atoms with van der Waals surface area (Å²) in [7, 11) is -1.78. The number of furan rings is 3. The molecule has 12 heteroatoms. The number of fused-ring (bicyclic) bond motifs is 9. The summed E-state index contributed by atoms with van der Waals surface area (Å²) >= 11 is 14.8. The van der Waals surface area contributed by atoms with E-state index < -0.39 is 7.12 Å². The summed E-state index contributed by atoms with van der Waals surface area (Å²) in [6, 6.07) is 65.5. The Morgan fingerprint density at radius 3 is 1.19 bits per heavy atom. The Labute approximate surface area is 438 Å². The molecule has 13 rings (SSSR count). The van der Waals surface area contributed by atoms with Crippen LogP contribution >= 0.6 is 39.1 Å². The Morgan fingerprint density at radius 1 is 0.431 bits per heavy atom. The second kappa shape index (κ2) is 20.5. The van der Waals surface area contributed by atoms with Gasteiger partial charge in [0.05, 0.1) is 11.2 Å². The van der Waals surface area contributed by atoms with E-state index in [2.05, 4.69) is 104 Å². The van der Waals surface area contributed by atoms with Crippen LogP contribution in [-0.4, -0.2) is 35.5 Å². The van der Waals surface area contributed by atoms with Gasteiger partial charge in [-0.05, 0) is 146 Å². The summed E-state index contributed by atoms with van der Waals surface area (Å²) in [6.45, 7) is 8.30. The second-order valence-electron chi connectivity index (χ2n) is 18.5. The Balaban J connectivity index is 0.000000140. The van der Waals surface area contributed by atoms with Crippen LogP contribution in [-0.2, 0) is 9.31 Å². The van der Waals surface area contributed by atoms with Gasteiger partial charge in [0.25, 0.3) is 0 Å². The lowest BCUT2D eigenvalue weighted by atomic mass is 9.78. The molecule has 7 nitrogen and oxygen atoms in total. The van der Waals surface area contributed by atoms with Crippen molar-refractivity contribution < 1.29 is 35.5 Å². The lowest BCUT2D eigenvalue weighted by Crippen LogP contribution is -2.41. The molecule has 3 aromatic heterocycles. The Bertz CT molecular complexity index is 3820. The Morgan fingerprint density at radius 2 is 0.778 bits per heavy atom. The van der Waals surface area contributed by atoms with Crippen molar-refractivity contribution in [2.75, 3.05) is 0 Å². The molecule has 0 atom stereocenters. The van der Waals surface area contributed by atoms with E-state index in [-0.39, 0.29) is 21.2 Å². The first-order valence-corrected chi connectivity index (χ1v) is 25.0. The molecule has 1 aliphatic rings. The van der Waals surface area contributed by atoms with Gasteiger partial charge in [-0.3, -0.25) is 0 Å². The SMILES string of the molecule is CC1(C)OB(c2ccc(-c3ccc4oc5ccccc5c4c3)cc2)OC1(C)C.Clc1ccc(-c2ccc3oc4ccccc4c3c2)cc1.Clc1ccc(Br)cc1.OB(O)c1ccc2oc3ccccc3c2c1.[2H-].[2HH]. The highest BCUT2D eigenvalue weighted by atomic mass is 79.9. The van der Waals surface area contributed by atoms with Gasteiger partial charge in [0.1, 0.15) is 33.5 Å². The lowest BCUT2D eigenvalue weighted by molar-refractivity contribution is 0.00578. The molecule has 0 amide bonds. The molecular weight excluding hydrogens is 1010 g/mol. The molecule has 1 aliphatic heterocycles. The smallest absolute Gasteiger partial charge is 0.494 e. The maximum atomic E-state index is 9.12. The molecule has 0 unspecified atom stereocenters. The van der Waals surface area contributed by atoms with Gasteiger partial charge in [-0.1, -0.05) is 154 Å². The lowest BCUT2D eigenvalue weighted by Gasteiger charge is -2.32. The van der Waals surface area contributed by atoms with E-state index >= 15 is 0 Å². The first-order chi connectivity index (χ1) is 34.7. The van der Waals surface area contributed by atoms with Crippen LogP contribution in [0.15, 0.2) is 218 Å². The van der Waals surface area contributed by atoms with Gasteiger partial charge in [0.2, 0.25) is 0 Å². The van der Waals surface area contributed by atoms with E-state index in [1.165, 1.54) is 11.1 Å². The molecular formula is C60H50B2BrCl2O7-. The van der Waals surface area contributed by atoms with E-state index in [1.807, 2.05) is 121 Å². The van der Waals surface area contributed by atoms with E-state index in [0.717, 1.165) is 96.9 Å². The molecule has 0 aliphatic carbocycles. The number of hydrogen-bond donors (Lipinski definition) is 2. The highest BCUT2D eigenvalue weighted by molar-refractivity contribution is 9.10. The van der Waals surface area contributed by atoms with Crippen LogP contribution in [0.3, 0.4) is 0 Å². The summed E-state index contributed by atoms with van der Waals surface area (Å²) in [5.41, 5.74) is 10.7. The normalized spacial score (nSPS) is 13.7. The molecule has 72 heavy (non-hydrogen) atoms. The molecule has 2 N–H and O–H groups in total. The van der Waals surface area contributed by atoms with Gasteiger partial charge in [0, 0.05) is 48.3 Å². The number of para-hydroxylation sites is 3. The molecule has 1 saturated heterocycles. The molecule has 0 bridgehead atoms. The predicted molar refractivity (Wildman–Crippen MR) is 305 cm³/mol. The Hall–Kier alpha value is -6.59. The van der Waals surface area contributed by atoms with Crippen molar-refractivity contribution in [3.05, 3.63) is 215 Å². The monoisotopic (exact) mass is 1060 g/mol. The third kappa shape index (κ3) is 10.4. The summed E-state index contributed by atoms with van der Waals surface area (Å²) in [5.74, 6) is 0. The number of hydrogen-bond acceptors (Lipinski definition) is 7. The predicted octanol–water partition coefficient (Wildman–Crippen LogP) is 16.2. The van der Waals surface area contributed by atoms with Crippen molar-refractivity contribution in [2.24, 2.45) is 0 Å². The van der Waals surface area contributed by atoms with Crippen LogP contribution in [0.1, 0.15) is 30.5 Å². The maximum absolute atomic E-state index is 9.12. The molecule has 9 aromatic carbocycles. The Kier molecular flexibility index (Phi) is 14.0. The van der Waals surface area contributed by atoms with Gasteiger partial charge in [0.15, 0.2) is 0 Å². The summed E-state index contributed by atoms with van der Waals surface area (Å²) in [4.78, 5) is 0. The highest BCUT2D eigenvalue weighted by Gasteiger charge is 2.51. The van der Waals surface area contributed by atoms with Gasteiger partial charge < -0.3 is 34.0 Å². The molecule has 0 radical (unpaired) electrons. The van der Waals surface area contributed by atoms with E-state index in [0.29, 0.717) is 5.46 Å². The quantitative estimate of drug-likeness (QED) is 0.169. The van der Waals surface area contributed by atoms with Gasteiger partial charge >= 0.3 is 14.2 Å². The minimum absolute atomic E-state index is 0. The highest BCUT2D eigenvalue weighted by Crippen LogP contribution is 2.38. The molecule has 12 aromatic rings. The van der Waals surface area contributed by atoms with Gasteiger partial charge in [-0.15, -0.1) is 0 Å². The van der Waals surface area contributed by atoms with Crippen LogP contribution < -0.4 is 10.9 Å². The molecule has 4 heterocycles. The fourth-order valence-corrected chi connectivity index (χ4v) is 9.12. The van der Waals surface area contributed by atoms with Crippen LogP contribution in [0, 0.1) is 0 Å². The minimum Gasteiger partial charge on any atom is -1.00 e. The number of rotatable bonds is 4. The fourth-order valence-electron chi connectivity index (χ4n) is 8.60. The zero-order valence-corrected chi connectivity index (χ0v) is 42.9. The molecule has 0 saturated carbocycles. The largest absolute Gasteiger partial charge is 1.00 e. The number of halogens is 3. The molecule has 1 fully saturated rings. The van der Waals surface area contributed by atoms with Crippen LogP contribution in [0.4, 0.5) is 0 Å². The van der Waals surface area contributed by atoms with Crippen molar-refractivity contribution in [1.82, 2.24) is 0 Å². The molecule has 360 valence electrons. The number of benzene rings is 9. The van der Waals surface area contributed by atoms with E-state index in [1.54, 1.807) is 18.2 Å². The van der Waals surface area contributed by atoms with E-state index in [9.17, 15) is 0 Å². The van der Waals surface area contributed by atoms with Crippen molar-refractivity contribution in [3.8, 4) is 22.3 Å². The average Bonchev–Trinajstić information content (AvgIpc) is 4.13. The summed E-state index contributed by atoms with van der Waals surface area (Å²) in [5, 5.41) is 26.2. The van der Waals surface area contributed by atoms with Crippen molar-refractivity contribution >= 4 is 130 Å². The zero-order valence-electron chi connectivity index (χ0n) is 40.8. The third-order valence-electron chi connectivity index (χ3n) is 13.2. The standard InChI is InChI=1S/C24H23BO3.C18H11ClO.C12H9BO3.C6H4BrCl.H2.H/c1-23(2)24(3,4)28-25(27-23)18-12-9-16(10-13-18)17-11-14-22-20(15-17)19-7-5-6-8-21(19)26-22;19-14-8-5-12(6-9-14)13-7-10-18-16(11-13)15-3-1-2-4-17(15)20-18;14-13(15)8-5-6-12-10(7-8)9-3-1-2-4-11(9)16-12;7-5-1-3-6(8)4-2-5;;/h5-15H,1-4H3;1-11H;1-7,14-15H;1-4H;1H;/q;;;;;-1/i;;;;2*1+1. The van der Waals surface area contributed by atoms with Crippen LogP contribution in [0.5, 0.6) is 0 Å². The first-order valence-electron chi connectivity index (χ1n) is 23.4. The van der Waals surface area contributed by atoms with Crippen LogP contribution in [0.2, 0.25) is 10.0 Å². The summed E-state index contributed by atoms with van der Waals surface area (Å²) in [6.07, 6.45) is 0. The zero-order chi connectivity index (χ0) is 50.1. The van der Waals surface area contributed by atoms with Gasteiger partial charge in [-0.2, -0.15) is 0 Å². The van der Waals surface area contributed by atoms with Crippen molar-refractivity contribution in [1.29, 1.82) is 0 Å². The average molecular weight is 1060 g/mol.